The standard InChI is InChI=1S/C17H14ClN5O3/c1-22(2)16-19-8-10(9-20-16)7-11-14(24)21-17(26)23(15(11)25)13-6-4-3-5-12(13)18/h3-9H,1-2H3,(H,21,24,26)/b11-7+. The number of hydrogen-bond donors (Lipinski definition) is 1. The monoisotopic (exact) mass is 371 g/mol. The van der Waals surface area contributed by atoms with Gasteiger partial charge in [-0.15, -0.1) is 0 Å². The fourth-order valence-electron chi connectivity index (χ4n) is 2.31. The smallest absolute Gasteiger partial charge is 0.335 e. The van der Waals surface area contributed by atoms with E-state index in [4.69, 9.17) is 11.6 Å². The van der Waals surface area contributed by atoms with Crippen molar-refractivity contribution in [1.29, 1.82) is 0 Å². The van der Waals surface area contributed by atoms with Crippen molar-refractivity contribution in [1.82, 2.24) is 15.3 Å². The Hall–Kier alpha value is -3.26. The van der Waals surface area contributed by atoms with E-state index in [1.165, 1.54) is 24.5 Å². The number of nitrogens with zero attached hydrogens (tertiary/aromatic N) is 4. The number of rotatable bonds is 3. The second kappa shape index (κ2) is 6.93. The lowest BCUT2D eigenvalue weighted by Gasteiger charge is -2.26. The predicted octanol–water partition coefficient (Wildman–Crippen LogP) is 1.86. The Morgan fingerprint density at radius 2 is 1.77 bits per heavy atom. The number of carbonyl (C=O) groups is 3. The molecule has 1 aliphatic rings. The Morgan fingerprint density at radius 3 is 2.38 bits per heavy atom. The summed E-state index contributed by atoms with van der Waals surface area (Å²) in [6.07, 6.45) is 4.28. The molecule has 0 saturated carbocycles. The lowest BCUT2D eigenvalue weighted by molar-refractivity contribution is -0.122. The molecule has 2 aromatic rings. The number of anilines is 2. The Labute approximate surface area is 154 Å². The summed E-state index contributed by atoms with van der Waals surface area (Å²) in [5.41, 5.74) is 0.419. The van der Waals surface area contributed by atoms with E-state index < -0.39 is 17.8 Å². The number of imide groups is 2. The van der Waals surface area contributed by atoms with Gasteiger partial charge in [-0.05, 0) is 18.2 Å². The molecule has 0 aliphatic carbocycles. The minimum atomic E-state index is -0.857. The molecule has 26 heavy (non-hydrogen) atoms. The first-order valence-corrected chi connectivity index (χ1v) is 7.91. The number of hydrogen-bond acceptors (Lipinski definition) is 6. The molecule has 0 spiro atoms. The zero-order valence-electron chi connectivity index (χ0n) is 13.9. The Morgan fingerprint density at radius 1 is 1.12 bits per heavy atom. The third-order valence-corrected chi connectivity index (χ3v) is 3.88. The largest absolute Gasteiger partial charge is 0.347 e. The van der Waals surface area contributed by atoms with Gasteiger partial charge in [0.1, 0.15) is 5.57 Å². The second-order valence-electron chi connectivity index (χ2n) is 5.62. The van der Waals surface area contributed by atoms with Crippen LogP contribution in [0.2, 0.25) is 5.02 Å². The summed E-state index contributed by atoms with van der Waals surface area (Å²) < 4.78 is 0. The van der Waals surface area contributed by atoms with Crippen LogP contribution in [0.25, 0.3) is 6.08 Å². The van der Waals surface area contributed by atoms with Crippen molar-refractivity contribution >= 4 is 47.2 Å². The van der Waals surface area contributed by atoms with E-state index >= 15 is 0 Å². The molecule has 9 heteroatoms. The summed E-state index contributed by atoms with van der Waals surface area (Å²) in [5, 5.41) is 2.35. The van der Waals surface area contributed by atoms with Gasteiger partial charge in [-0.1, -0.05) is 23.7 Å². The van der Waals surface area contributed by atoms with Crippen molar-refractivity contribution in [3.63, 3.8) is 0 Å². The lowest BCUT2D eigenvalue weighted by atomic mass is 10.1. The highest BCUT2D eigenvalue weighted by atomic mass is 35.5. The maximum Gasteiger partial charge on any atom is 0.335 e. The molecule has 1 saturated heterocycles. The molecular formula is C17H14ClN5O3. The zero-order chi connectivity index (χ0) is 18.8. The maximum atomic E-state index is 12.7. The highest BCUT2D eigenvalue weighted by Crippen LogP contribution is 2.28. The van der Waals surface area contributed by atoms with E-state index in [0.29, 0.717) is 11.5 Å². The van der Waals surface area contributed by atoms with Crippen LogP contribution in [-0.4, -0.2) is 41.9 Å². The molecule has 8 nitrogen and oxygen atoms in total. The molecule has 0 atom stereocenters. The third-order valence-electron chi connectivity index (χ3n) is 3.56. The van der Waals surface area contributed by atoms with Crippen LogP contribution >= 0.6 is 11.6 Å². The average molecular weight is 372 g/mol. The molecule has 1 aromatic carbocycles. The summed E-state index contributed by atoms with van der Waals surface area (Å²) in [5.74, 6) is -1.08. The molecule has 1 N–H and O–H groups in total. The Kier molecular flexibility index (Phi) is 4.68. The van der Waals surface area contributed by atoms with Crippen molar-refractivity contribution in [3.05, 3.63) is 52.8 Å². The molecule has 1 aliphatic heterocycles. The molecule has 0 radical (unpaired) electrons. The normalized spacial score (nSPS) is 16.0. The van der Waals surface area contributed by atoms with Crippen LogP contribution in [0.5, 0.6) is 0 Å². The Balaban J connectivity index is 1.99. The van der Waals surface area contributed by atoms with Crippen molar-refractivity contribution in [3.8, 4) is 0 Å². The minimum Gasteiger partial charge on any atom is -0.347 e. The number of carbonyl (C=O) groups excluding carboxylic acids is 3. The van der Waals surface area contributed by atoms with Gasteiger partial charge in [0, 0.05) is 32.1 Å². The fraction of sp³-hybridized carbons (Fsp3) is 0.118. The van der Waals surface area contributed by atoms with Crippen LogP contribution in [0.1, 0.15) is 5.56 Å². The molecule has 2 heterocycles. The summed E-state index contributed by atoms with van der Waals surface area (Å²) in [6, 6.07) is 5.51. The molecule has 1 fully saturated rings. The van der Waals surface area contributed by atoms with Crippen molar-refractivity contribution in [2.24, 2.45) is 0 Å². The average Bonchev–Trinajstić information content (AvgIpc) is 2.60. The number of para-hydroxylation sites is 1. The van der Waals surface area contributed by atoms with Gasteiger partial charge in [0.15, 0.2) is 0 Å². The van der Waals surface area contributed by atoms with Crippen molar-refractivity contribution in [2.45, 2.75) is 0 Å². The highest BCUT2D eigenvalue weighted by Gasteiger charge is 2.37. The van der Waals surface area contributed by atoms with E-state index in [0.717, 1.165) is 4.90 Å². The van der Waals surface area contributed by atoms with E-state index in [-0.39, 0.29) is 16.3 Å². The highest BCUT2D eigenvalue weighted by molar-refractivity contribution is 6.42. The van der Waals surface area contributed by atoms with Crippen molar-refractivity contribution < 1.29 is 14.4 Å². The summed E-state index contributed by atoms with van der Waals surface area (Å²) in [6.45, 7) is 0. The van der Waals surface area contributed by atoms with Crippen LogP contribution in [0.4, 0.5) is 16.4 Å². The molecule has 3 rings (SSSR count). The quantitative estimate of drug-likeness (QED) is 0.653. The van der Waals surface area contributed by atoms with Gasteiger partial charge in [0.25, 0.3) is 11.8 Å². The van der Waals surface area contributed by atoms with E-state index in [9.17, 15) is 14.4 Å². The van der Waals surface area contributed by atoms with Gasteiger partial charge in [0.2, 0.25) is 5.95 Å². The summed E-state index contributed by atoms with van der Waals surface area (Å²) in [7, 11) is 3.58. The van der Waals surface area contributed by atoms with Gasteiger partial charge in [-0.2, -0.15) is 0 Å². The Bertz CT molecular complexity index is 924. The number of benzene rings is 1. The number of halogens is 1. The molecule has 0 unspecified atom stereocenters. The van der Waals surface area contributed by atoms with Gasteiger partial charge in [-0.25, -0.2) is 19.7 Å². The lowest BCUT2D eigenvalue weighted by Crippen LogP contribution is -2.54. The topological polar surface area (TPSA) is 95.5 Å². The molecule has 4 amide bonds. The first-order valence-electron chi connectivity index (χ1n) is 7.54. The minimum absolute atomic E-state index is 0.189. The zero-order valence-corrected chi connectivity index (χ0v) is 14.7. The van der Waals surface area contributed by atoms with Crippen LogP contribution in [0.15, 0.2) is 42.2 Å². The fourth-order valence-corrected chi connectivity index (χ4v) is 2.53. The number of barbiturate groups is 1. The second-order valence-corrected chi connectivity index (χ2v) is 6.03. The number of amides is 4. The van der Waals surface area contributed by atoms with Gasteiger partial charge >= 0.3 is 6.03 Å². The number of nitrogens with one attached hydrogen (secondary N) is 1. The molecular weight excluding hydrogens is 358 g/mol. The first kappa shape index (κ1) is 17.6. The molecule has 1 aromatic heterocycles. The van der Waals surface area contributed by atoms with Crippen LogP contribution in [-0.2, 0) is 9.59 Å². The van der Waals surface area contributed by atoms with Crippen molar-refractivity contribution in [2.75, 3.05) is 23.9 Å². The van der Waals surface area contributed by atoms with Crippen LogP contribution in [0.3, 0.4) is 0 Å². The number of urea groups is 1. The SMILES string of the molecule is CN(C)c1ncc(/C=C2\C(=O)NC(=O)N(c3ccccc3Cl)C2=O)cn1. The van der Waals surface area contributed by atoms with E-state index in [1.54, 1.807) is 37.2 Å². The molecule has 132 valence electrons. The predicted molar refractivity (Wildman–Crippen MR) is 96.8 cm³/mol. The van der Waals surface area contributed by atoms with E-state index in [1.807, 2.05) is 0 Å². The van der Waals surface area contributed by atoms with Gasteiger partial charge in [0.05, 0.1) is 10.7 Å². The van der Waals surface area contributed by atoms with Gasteiger partial charge in [-0.3, -0.25) is 14.9 Å². The van der Waals surface area contributed by atoms with Crippen LogP contribution < -0.4 is 15.1 Å². The maximum absolute atomic E-state index is 12.7. The van der Waals surface area contributed by atoms with E-state index in [2.05, 4.69) is 15.3 Å². The van der Waals surface area contributed by atoms with Gasteiger partial charge < -0.3 is 4.90 Å². The first-order chi connectivity index (χ1) is 12.4. The third kappa shape index (κ3) is 3.27. The number of aromatic nitrogens is 2. The summed E-state index contributed by atoms with van der Waals surface area (Å²) >= 11 is 6.08. The summed E-state index contributed by atoms with van der Waals surface area (Å²) in [4.78, 5) is 47.8. The van der Waals surface area contributed by atoms with Crippen LogP contribution in [0, 0.1) is 0 Å². The molecule has 0 bridgehead atoms.